The van der Waals surface area contributed by atoms with E-state index in [4.69, 9.17) is 16.3 Å². The average Bonchev–Trinajstić information content (AvgIpc) is 2.88. The Morgan fingerprint density at radius 1 is 1.05 bits per heavy atom. The maximum Gasteiger partial charge on any atom is 0.128 e. The van der Waals surface area contributed by atoms with Gasteiger partial charge in [0.1, 0.15) is 5.75 Å². The molecule has 2 nitrogen and oxygen atoms in total. The molecule has 3 heteroatoms. The Hall–Kier alpha value is -1.93. The summed E-state index contributed by atoms with van der Waals surface area (Å²) in [5.41, 5.74) is 2.28. The number of hydrogen-bond acceptors (Lipinski definition) is 1. The zero-order valence-electron chi connectivity index (χ0n) is 11.3. The number of halogens is 1. The van der Waals surface area contributed by atoms with Gasteiger partial charge in [-0.25, -0.2) is 0 Å². The van der Waals surface area contributed by atoms with Gasteiger partial charge in [0.05, 0.1) is 17.1 Å². The fourth-order valence-corrected chi connectivity index (χ4v) is 2.72. The Balaban J connectivity index is 2.06. The molecule has 0 saturated carbocycles. The molecule has 0 saturated heterocycles. The Morgan fingerprint density at radius 3 is 2.60 bits per heavy atom. The number of fused-ring (bicyclic) bond motifs is 1. The van der Waals surface area contributed by atoms with E-state index in [1.165, 1.54) is 5.56 Å². The smallest absolute Gasteiger partial charge is 0.128 e. The maximum absolute atomic E-state index is 6.37. The number of aromatic nitrogens is 1. The Labute approximate surface area is 123 Å². The molecule has 0 bridgehead atoms. The molecule has 102 valence electrons. The van der Waals surface area contributed by atoms with Crippen molar-refractivity contribution in [2.45, 2.75) is 13.5 Å². The first-order valence-corrected chi connectivity index (χ1v) is 7.11. The highest BCUT2D eigenvalue weighted by Gasteiger charge is 2.10. The van der Waals surface area contributed by atoms with Crippen LogP contribution in [0.5, 0.6) is 5.75 Å². The highest BCUT2D eigenvalue weighted by Crippen LogP contribution is 2.32. The van der Waals surface area contributed by atoms with E-state index in [9.17, 15) is 0 Å². The molecule has 0 fully saturated rings. The molecule has 3 aromatic rings. The van der Waals surface area contributed by atoms with Crippen LogP contribution in [-0.2, 0) is 6.54 Å². The van der Waals surface area contributed by atoms with Crippen LogP contribution in [0, 0.1) is 0 Å². The molecule has 0 aliphatic heterocycles. The molecule has 0 spiro atoms. The predicted octanol–water partition coefficient (Wildman–Crippen LogP) is 4.74. The third-order valence-electron chi connectivity index (χ3n) is 3.33. The first-order valence-electron chi connectivity index (χ1n) is 6.73. The van der Waals surface area contributed by atoms with E-state index < -0.39 is 0 Å². The molecular formula is C17H16ClNO. The molecule has 0 aliphatic rings. The third-order valence-corrected chi connectivity index (χ3v) is 3.64. The highest BCUT2D eigenvalue weighted by atomic mass is 35.5. The van der Waals surface area contributed by atoms with E-state index in [0.29, 0.717) is 6.61 Å². The third kappa shape index (κ3) is 2.39. The second kappa shape index (κ2) is 5.59. The fourth-order valence-electron chi connectivity index (χ4n) is 2.45. The van der Waals surface area contributed by atoms with Crippen LogP contribution < -0.4 is 4.74 Å². The second-order valence-electron chi connectivity index (χ2n) is 4.67. The van der Waals surface area contributed by atoms with Gasteiger partial charge in [-0.15, -0.1) is 0 Å². The molecule has 0 atom stereocenters. The van der Waals surface area contributed by atoms with Gasteiger partial charge in [0.2, 0.25) is 0 Å². The van der Waals surface area contributed by atoms with Crippen LogP contribution in [0.4, 0.5) is 0 Å². The van der Waals surface area contributed by atoms with Gasteiger partial charge in [0, 0.05) is 18.1 Å². The molecule has 1 aromatic heterocycles. The first-order chi connectivity index (χ1) is 9.79. The van der Waals surface area contributed by atoms with E-state index in [0.717, 1.165) is 28.2 Å². The standard InChI is InChI=1S/C17H16ClNO/c1-2-20-16-9-8-15(18)17-14(16)10-11-19(17)12-13-6-4-3-5-7-13/h3-11H,2,12H2,1H3. The number of nitrogens with zero attached hydrogens (tertiary/aromatic N) is 1. The second-order valence-corrected chi connectivity index (χ2v) is 5.08. The van der Waals surface area contributed by atoms with Crippen molar-refractivity contribution < 1.29 is 4.74 Å². The van der Waals surface area contributed by atoms with E-state index in [1.807, 2.05) is 37.3 Å². The summed E-state index contributed by atoms with van der Waals surface area (Å²) in [6.45, 7) is 3.45. The SMILES string of the molecule is CCOc1ccc(Cl)c2c1ccn2Cc1ccccc1. The van der Waals surface area contributed by atoms with Crippen LogP contribution in [0.2, 0.25) is 5.02 Å². The predicted molar refractivity (Wildman–Crippen MR) is 83.7 cm³/mol. The van der Waals surface area contributed by atoms with Crippen LogP contribution in [-0.4, -0.2) is 11.2 Å². The van der Waals surface area contributed by atoms with Crippen molar-refractivity contribution in [3.8, 4) is 5.75 Å². The van der Waals surface area contributed by atoms with Crippen LogP contribution in [0.3, 0.4) is 0 Å². The summed E-state index contributed by atoms with van der Waals surface area (Å²) >= 11 is 6.37. The van der Waals surface area contributed by atoms with E-state index in [-0.39, 0.29) is 0 Å². The van der Waals surface area contributed by atoms with E-state index in [2.05, 4.69) is 29.0 Å². The molecule has 20 heavy (non-hydrogen) atoms. The number of ether oxygens (including phenoxy) is 1. The topological polar surface area (TPSA) is 14.2 Å². The Bertz CT molecular complexity index is 718. The number of hydrogen-bond donors (Lipinski definition) is 0. The maximum atomic E-state index is 6.37. The molecule has 3 rings (SSSR count). The molecule has 0 aliphatic carbocycles. The van der Waals surface area contributed by atoms with Crippen LogP contribution in [0.15, 0.2) is 54.7 Å². The van der Waals surface area contributed by atoms with Gasteiger partial charge < -0.3 is 9.30 Å². The fraction of sp³-hybridized carbons (Fsp3) is 0.176. The number of benzene rings is 2. The molecule has 0 amide bonds. The zero-order chi connectivity index (χ0) is 13.9. The van der Waals surface area contributed by atoms with Crippen molar-refractivity contribution in [2.24, 2.45) is 0 Å². The monoisotopic (exact) mass is 285 g/mol. The van der Waals surface area contributed by atoms with Gasteiger partial charge in [0.25, 0.3) is 0 Å². The van der Waals surface area contributed by atoms with Crippen molar-refractivity contribution in [2.75, 3.05) is 6.61 Å². The highest BCUT2D eigenvalue weighted by molar-refractivity contribution is 6.35. The molecule has 0 radical (unpaired) electrons. The van der Waals surface area contributed by atoms with Gasteiger partial charge in [-0.1, -0.05) is 41.9 Å². The van der Waals surface area contributed by atoms with Crippen molar-refractivity contribution in [1.82, 2.24) is 4.57 Å². The molecule has 0 unspecified atom stereocenters. The zero-order valence-corrected chi connectivity index (χ0v) is 12.1. The average molecular weight is 286 g/mol. The van der Waals surface area contributed by atoms with Gasteiger partial charge in [0.15, 0.2) is 0 Å². The van der Waals surface area contributed by atoms with Gasteiger partial charge in [-0.2, -0.15) is 0 Å². The van der Waals surface area contributed by atoms with E-state index in [1.54, 1.807) is 0 Å². The summed E-state index contributed by atoms with van der Waals surface area (Å²) in [6.07, 6.45) is 2.06. The summed E-state index contributed by atoms with van der Waals surface area (Å²) in [5, 5.41) is 1.82. The minimum Gasteiger partial charge on any atom is -0.493 e. The van der Waals surface area contributed by atoms with Crippen molar-refractivity contribution in [3.63, 3.8) is 0 Å². The van der Waals surface area contributed by atoms with E-state index >= 15 is 0 Å². The van der Waals surface area contributed by atoms with Gasteiger partial charge in [-0.05, 0) is 30.7 Å². The van der Waals surface area contributed by atoms with Crippen molar-refractivity contribution in [1.29, 1.82) is 0 Å². The molecule has 2 aromatic carbocycles. The first kappa shape index (κ1) is 13.1. The summed E-state index contributed by atoms with van der Waals surface area (Å²) in [6, 6.07) is 16.3. The molecular weight excluding hydrogens is 270 g/mol. The summed E-state index contributed by atoms with van der Waals surface area (Å²) in [4.78, 5) is 0. The van der Waals surface area contributed by atoms with Crippen LogP contribution >= 0.6 is 11.6 Å². The lowest BCUT2D eigenvalue weighted by atomic mass is 10.2. The van der Waals surface area contributed by atoms with Crippen LogP contribution in [0.1, 0.15) is 12.5 Å². The Kier molecular flexibility index (Phi) is 3.66. The lowest BCUT2D eigenvalue weighted by molar-refractivity contribution is 0.344. The van der Waals surface area contributed by atoms with Crippen LogP contribution in [0.25, 0.3) is 10.9 Å². The minimum absolute atomic E-state index is 0.653. The largest absolute Gasteiger partial charge is 0.493 e. The van der Waals surface area contributed by atoms with Crippen molar-refractivity contribution in [3.05, 3.63) is 65.3 Å². The lowest BCUT2D eigenvalue weighted by Gasteiger charge is -2.09. The lowest BCUT2D eigenvalue weighted by Crippen LogP contribution is -1.98. The summed E-state index contributed by atoms with van der Waals surface area (Å²) in [7, 11) is 0. The van der Waals surface area contributed by atoms with Gasteiger partial charge in [-0.3, -0.25) is 0 Å². The van der Waals surface area contributed by atoms with Gasteiger partial charge >= 0.3 is 0 Å². The summed E-state index contributed by atoms with van der Waals surface area (Å²) < 4.78 is 7.83. The van der Waals surface area contributed by atoms with Crippen molar-refractivity contribution >= 4 is 22.5 Å². The molecule has 0 N–H and O–H groups in total. The number of rotatable bonds is 4. The summed E-state index contributed by atoms with van der Waals surface area (Å²) in [5.74, 6) is 0.888. The minimum atomic E-state index is 0.653. The molecule has 1 heterocycles. The Morgan fingerprint density at radius 2 is 1.85 bits per heavy atom. The normalized spacial score (nSPS) is 10.9. The quantitative estimate of drug-likeness (QED) is 0.675.